The lowest BCUT2D eigenvalue weighted by atomic mass is 10.2. The van der Waals surface area contributed by atoms with Crippen LogP contribution in [0.2, 0.25) is 0 Å². The summed E-state index contributed by atoms with van der Waals surface area (Å²) in [6.45, 7) is 6.98. The predicted molar refractivity (Wildman–Crippen MR) is 72.0 cm³/mol. The van der Waals surface area contributed by atoms with E-state index < -0.39 is 10.0 Å². The summed E-state index contributed by atoms with van der Waals surface area (Å²) < 4.78 is 26.6. The molecule has 1 saturated heterocycles. The summed E-state index contributed by atoms with van der Waals surface area (Å²) >= 11 is 0. The highest BCUT2D eigenvalue weighted by Crippen LogP contribution is 2.19. The topological polar surface area (TPSA) is 49.4 Å². The quantitative estimate of drug-likeness (QED) is 0.881. The van der Waals surface area contributed by atoms with Gasteiger partial charge >= 0.3 is 0 Å². The lowest BCUT2D eigenvalue weighted by Crippen LogP contribution is -2.55. The van der Waals surface area contributed by atoms with E-state index >= 15 is 0 Å². The summed E-state index contributed by atoms with van der Waals surface area (Å²) in [7, 11) is -3.36. The predicted octanol–water partition coefficient (Wildman–Crippen LogP) is 1.37. The van der Waals surface area contributed by atoms with Crippen molar-refractivity contribution in [2.24, 2.45) is 0 Å². The molecule has 2 atom stereocenters. The Kier molecular flexibility index (Phi) is 3.75. The number of nitrogens with zero attached hydrogens (tertiary/aromatic N) is 1. The smallest absolute Gasteiger partial charge is 0.243 e. The van der Waals surface area contributed by atoms with E-state index in [9.17, 15) is 8.42 Å². The zero-order chi connectivity index (χ0) is 13.3. The molecule has 0 radical (unpaired) electrons. The van der Waals surface area contributed by atoms with Gasteiger partial charge in [0, 0.05) is 25.2 Å². The maximum absolute atomic E-state index is 12.5. The van der Waals surface area contributed by atoms with Crippen molar-refractivity contribution in [1.82, 2.24) is 9.62 Å². The highest BCUT2D eigenvalue weighted by molar-refractivity contribution is 7.89. The van der Waals surface area contributed by atoms with Gasteiger partial charge in [0.05, 0.1) is 4.90 Å². The van der Waals surface area contributed by atoms with Gasteiger partial charge in [0.2, 0.25) is 10.0 Å². The normalized spacial score (nSPS) is 26.2. The second-order valence-corrected chi connectivity index (χ2v) is 7.05. The molecule has 2 unspecified atom stereocenters. The van der Waals surface area contributed by atoms with Gasteiger partial charge in [0.15, 0.2) is 0 Å². The fraction of sp³-hybridized carbons (Fsp3) is 0.538. The summed E-state index contributed by atoms with van der Waals surface area (Å²) in [5, 5.41) is 3.34. The van der Waals surface area contributed by atoms with Crippen molar-refractivity contribution in [2.45, 2.75) is 37.8 Å². The minimum absolute atomic E-state index is 0.188. The van der Waals surface area contributed by atoms with E-state index in [1.54, 1.807) is 22.5 Å². The lowest BCUT2D eigenvalue weighted by Gasteiger charge is -2.35. The van der Waals surface area contributed by atoms with Gasteiger partial charge in [-0.25, -0.2) is 8.42 Å². The van der Waals surface area contributed by atoms with Crippen LogP contribution in [0.4, 0.5) is 0 Å². The molecule has 1 aliphatic heterocycles. The van der Waals surface area contributed by atoms with Crippen LogP contribution in [0.5, 0.6) is 0 Å². The van der Waals surface area contributed by atoms with E-state index in [0.717, 1.165) is 5.56 Å². The molecule has 1 aliphatic rings. The molecule has 1 heterocycles. The van der Waals surface area contributed by atoms with Crippen molar-refractivity contribution < 1.29 is 8.42 Å². The van der Waals surface area contributed by atoms with Gasteiger partial charge in [-0.15, -0.1) is 0 Å². The van der Waals surface area contributed by atoms with Crippen molar-refractivity contribution in [3.05, 3.63) is 29.8 Å². The molecule has 0 amide bonds. The van der Waals surface area contributed by atoms with Crippen LogP contribution in [0.1, 0.15) is 19.4 Å². The maximum Gasteiger partial charge on any atom is 0.243 e. The molecule has 0 aromatic heterocycles. The number of nitrogens with one attached hydrogen (secondary N) is 1. The largest absolute Gasteiger partial charge is 0.309 e. The molecule has 18 heavy (non-hydrogen) atoms. The van der Waals surface area contributed by atoms with Gasteiger partial charge in [-0.2, -0.15) is 4.31 Å². The minimum Gasteiger partial charge on any atom is -0.309 e. The molecule has 0 saturated carbocycles. The van der Waals surface area contributed by atoms with Gasteiger partial charge in [-0.05, 0) is 38.5 Å². The molecular weight excluding hydrogens is 248 g/mol. The number of piperazine rings is 1. The van der Waals surface area contributed by atoms with Gasteiger partial charge < -0.3 is 5.32 Å². The summed E-state index contributed by atoms with van der Waals surface area (Å²) in [4.78, 5) is 0.392. The van der Waals surface area contributed by atoms with Gasteiger partial charge in [0.25, 0.3) is 0 Å². The standard InChI is InChI=1S/C13H20N2O2S/c1-10-5-4-6-13(7-10)18(16,17)15-8-11(2)14-12(3)9-15/h4-7,11-12,14H,8-9H2,1-3H3. The molecular formula is C13H20N2O2S. The average Bonchev–Trinajstić information content (AvgIpc) is 2.27. The lowest BCUT2D eigenvalue weighted by molar-refractivity contribution is 0.263. The van der Waals surface area contributed by atoms with Crippen LogP contribution in [0.3, 0.4) is 0 Å². The van der Waals surface area contributed by atoms with Crippen LogP contribution in [0.15, 0.2) is 29.2 Å². The molecule has 1 aromatic rings. The fourth-order valence-corrected chi connectivity index (χ4v) is 4.12. The summed E-state index contributed by atoms with van der Waals surface area (Å²) in [5.41, 5.74) is 0.965. The molecule has 5 heteroatoms. The zero-order valence-corrected chi connectivity index (χ0v) is 11.9. The third-order valence-corrected chi connectivity index (χ3v) is 4.98. The van der Waals surface area contributed by atoms with E-state index in [1.165, 1.54) is 0 Å². The van der Waals surface area contributed by atoms with Crippen LogP contribution >= 0.6 is 0 Å². The molecule has 1 aromatic carbocycles. The second-order valence-electron chi connectivity index (χ2n) is 5.11. The summed E-state index contributed by atoms with van der Waals surface area (Å²) in [6, 6.07) is 7.47. The summed E-state index contributed by atoms with van der Waals surface area (Å²) in [6.07, 6.45) is 0. The number of benzene rings is 1. The van der Waals surface area contributed by atoms with Crippen LogP contribution < -0.4 is 5.32 Å². The van der Waals surface area contributed by atoms with Crippen molar-refractivity contribution in [1.29, 1.82) is 0 Å². The SMILES string of the molecule is Cc1cccc(S(=O)(=O)N2CC(C)NC(C)C2)c1. The van der Waals surface area contributed by atoms with E-state index in [4.69, 9.17) is 0 Å². The first-order chi connectivity index (χ1) is 8.39. The van der Waals surface area contributed by atoms with Crippen molar-refractivity contribution in [3.8, 4) is 0 Å². The third-order valence-electron chi connectivity index (χ3n) is 3.15. The van der Waals surface area contributed by atoms with E-state index in [2.05, 4.69) is 5.32 Å². The van der Waals surface area contributed by atoms with E-state index in [0.29, 0.717) is 18.0 Å². The van der Waals surface area contributed by atoms with Crippen LogP contribution in [-0.4, -0.2) is 37.9 Å². The Morgan fingerprint density at radius 3 is 2.39 bits per heavy atom. The molecule has 100 valence electrons. The molecule has 0 bridgehead atoms. The molecule has 0 spiro atoms. The highest BCUT2D eigenvalue weighted by Gasteiger charge is 2.31. The molecule has 0 aliphatic carbocycles. The number of sulfonamides is 1. The number of hydrogen-bond acceptors (Lipinski definition) is 3. The monoisotopic (exact) mass is 268 g/mol. The van der Waals surface area contributed by atoms with Crippen molar-refractivity contribution in [2.75, 3.05) is 13.1 Å². The Labute approximate surface area is 109 Å². The number of rotatable bonds is 2. The average molecular weight is 268 g/mol. The Balaban J connectivity index is 2.31. The number of aryl methyl sites for hydroxylation is 1. The number of hydrogen-bond donors (Lipinski definition) is 1. The Morgan fingerprint density at radius 1 is 1.22 bits per heavy atom. The Hall–Kier alpha value is -0.910. The van der Waals surface area contributed by atoms with Crippen molar-refractivity contribution in [3.63, 3.8) is 0 Å². The maximum atomic E-state index is 12.5. The van der Waals surface area contributed by atoms with E-state index in [1.807, 2.05) is 26.8 Å². The van der Waals surface area contributed by atoms with Crippen LogP contribution in [-0.2, 0) is 10.0 Å². The second kappa shape index (κ2) is 4.99. The third kappa shape index (κ3) is 2.74. The fourth-order valence-electron chi connectivity index (χ4n) is 2.40. The molecule has 2 rings (SSSR count). The minimum atomic E-state index is -3.36. The summed E-state index contributed by atoms with van der Waals surface area (Å²) in [5.74, 6) is 0. The van der Waals surface area contributed by atoms with Gasteiger partial charge in [0.1, 0.15) is 0 Å². The van der Waals surface area contributed by atoms with E-state index in [-0.39, 0.29) is 12.1 Å². The first-order valence-corrected chi connectivity index (χ1v) is 7.66. The molecule has 1 N–H and O–H groups in total. The highest BCUT2D eigenvalue weighted by atomic mass is 32.2. The van der Waals surface area contributed by atoms with Crippen LogP contribution in [0.25, 0.3) is 0 Å². The van der Waals surface area contributed by atoms with Gasteiger partial charge in [-0.1, -0.05) is 12.1 Å². The molecule has 1 fully saturated rings. The molecule has 4 nitrogen and oxygen atoms in total. The first-order valence-electron chi connectivity index (χ1n) is 6.22. The van der Waals surface area contributed by atoms with Crippen LogP contribution in [0, 0.1) is 6.92 Å². The van der Waals surface area contributed by atoms with Crippen molar-refractivity contribution >= 4 is 10.0 Å². The Bertz CT molecular complexity index is 518. The Morgan fingerprint density at radius 2 is 1.83 bits per heavy atom. The zero-order valence-electron chi connectivity index (χ0n) is 11.1. The first kappa shape index (κ1) is 13.5. The van der Waals surface area contributed by atoms with Gasteiger partial charge in [-0.3, -0.25) is 0 Å².